The summed E-state index contributed by atoms with van der Waals surface area (Å²) in [5, 5.41) is 22.1. The molecular weight excluding hydrogens is 414 g/mol. The van der Waals surface area contributed by atoms with Crippen LogP contribution in [0.1, 0.15) is 29.7 Å². The lowest BCUT2D eigenvalue weighted by Crippen LogP contribution is -2.17. The molecule has 7 nitrogen and oxygen atoms in total. The number of anilines is 1. The zero-order valence-electron chi connectivity index (χ0n) is 17.1. The third kappa shape index (κ3) is 4.23. The van der Waals surface area contributed by atoms with E-state index in [-0.39, 0.29) is 12.1 Å². The molecule has 1 unspecified atom stereocenters. The fourth-order valence-electron chi connectivity index (χ4n) is 3.52. The number of benzene rings is 2. The van der Waals surface area contributed by atoms with Gasteiger partial charge in [-0.3, -0.25) is 4.79 Å². The summed E-state index contributed by atoms with van der Waals surface area (Å²) in [4.78, 5) is 23.2. The van der Waals surface area contributed by atoms with Crippen LogP contribution in [0.5, 0.6) is 0 Å². The minimum atomic E-state index is -0.804. The van der Waals surface area contributed by atoms with Gasteiger partial charge in [-0.15, -0.1) is 0 Å². The molecular formula is C23H22ClN5O2. The van der Waals surface area contributed by atoms with E-state index in [9.17, 15) is 9.90 Å². The Hall–Kier alpha value is -3.42. The summed E-state index contributed by atoms with van der Waals surface area (Å²) in [6, 6.07) is 12.5. The number of aliphatic hydroxyl groups excluding tert-OH is 1. The predicted octanol–water partition coefficient (Wildman–Crippen LogP) is 4.41. The molecule has 0 radical (unpaired) electrons. The Labute approximate surface area is 183 Å². The lowest BCUT2D eigenvalue weighted by atomic mass is 10.1. The molecule has 0 spiro atoms. The van der Waals surface area contributed by atoms with E-state index in [1.807, 2.05) is 19.1 Å². The van der Waals surface area contributed by atoms with Crippen LogP contribution in [0.3, 0.4) is 0 Å². The Morgan fingerprint density at radius 2 is 2.10 bits per heavy atom. The number of hydrogen-bond acceptors (Lipinski definition) is 5. The van der Waals surface area contributed by atoms with Crippen molar-refractivity contribution in [2.75, 3.05) is 11.9 Å². The highest BCUT2D eigenvalue weighted by molar-refractivity contribution is 6.30. The zero-order chi connectivity index (χ0) is 22.1. The van der Waals surface area contributed by atoms with Crippen LogP contribution in [0.2, 0.25) is 5.02 Å². The lowest BCUT2D eigenvalue weighted by Gasteiger charge is -2.15. The fourth-order valence-corrected chi connectivity index (χ4v) is 3.72. The van der Waals surface area contributed by atoms with E-state index in [4.69, 9.17) is 17.0 Å². The van der Waals surface area contributed by atoms with E-state index >= 15 is 0 Å². The Morgan fingerprint density at radius 1 is 1.29 bits per heavy atom. The number of aliphatic hydroxyl groups is 1. The number of aromatic amines is 2. The third-order valence-corrected chi connectivity index (χ3v) is 5.36. The van der Waals surface area contributed by atoms with Crippen LogP contribution in [0.15, 0.2) is 53.5 Å². The number of hydrogen-bond donors (Lipinski definition) is 5. The third-order valence-electron chi connectivity index (χ3n) is 5.13. The molecule has 2 aromatic carbocycles. The average molecular weight is 436 g/mol. The monoisotopic (exact) mass is 435 g/mol. The van der Waals surface area contributed by atoms with Gasteiger partial charge in [0.1, 0.15) is 11.4 Å². The molecule has 1 atom stereocenters. The van der Waals surface area contributed by atoms with Crippen molar-refractivity contribution >= 4 is 34.0 Å². The molecule has 4 aromatic rings. The van der Waals surface area contributed by atoms with Crippen molar-refractivity contribution in [3.05, 3.63) is 80.7 Å². The highest BCUT2D eigenvalue weighted by Gasteiger charge is 2.17. The van der Waals surface area contributed by atoms with Crippen LogP contribution in [-0.4, -0.2) is 32.3 Å². The smallest absolute Gasteiger partial charge is 0.261 e. The average Bonchev–Trinajstić information content (AvgIpc) is 3.16. The second kappa shape index (κ2) is 8.37. The van der Waals surface area contributed by atoms with Gasteiger partial charge in [0.15, 0.2) is 0 Å². The normalized spacial score (nSPS) is 12.1. The van der Waals surface area contributed by atoms with Gasteiger partial charge in [0.05, 0.1) is 22.8 Å². The maximum Gasteiger partial charge on any atom is 0.261 e. The SMILES string of the molecule is CC(=N)c1cc(C)c2nc(-c3c(NCC(O)c4cccc(Cl)c4)cc[nH]c3=O)[nH]c2c1. The minimum Gasteiger partial charge on any atom is -0.387 e. The molecule has 0 saturated heterocycles. The predicted molar refractivity (Wildman–Crippen MR) is 124 cm³/mol. The quantitative estimate of drug-likeness (QED) is 0.288. The van der Waals surface area contributed by atoms with E-state index in [2.05, 4.69) is 20.3 Å². The summed E-state index contributed by atoms with van der Waals surface area (Å²) in [6.45, 7) is 3.84. The fraction of sp³-hybridized carbons (Fsp3) is 0.174. The van der Waals surface area contributed by atoms with Crippen molar-refractivity contribution in [1.82, 2.24) is 15.0 Å². The molecule has 2 aromatic heterocycles. The Bertz CT molecular complexity index is 1340. The molecule has 0 saturated carbocycles. The van der Waals surface area contributed by atoms with Gasteiger partial charge in [0.2, 0.25) is 0 Å². The summed E-state index contributed by atoms with van der Waals surface area (Å²) in [5.74, 6) is 0.416. The number of halogens is 1. The van der Waals surface area contributed by atoms with E-state index in [0.717, 1.165) is 22.2 Å². The van der Waals surface area contributed by atoms with Crippen LogP contribution in [0.25, 0.3) is 22.4 Å². The Balaban J connectivity index is 1.69. The highest BCUT2D eigenvalue weighted by atomic mass is 35.5. The number of rotatable bonds is 6. The molecule has 0 aliphatic carbocycles. The van der Waals surface area contributed by atoms with Gasteiger partial charge in [-0.2, -0.15) is 0 Å². The lowest BCUT2D eigenvalue weighted by molar-refractivity contribution is 0.191. The standard InChI is InChI=1S/C23H22ClN5O2/c1-12-8-15(13(2)25)10-18-21(12)29-22(28-18)20-17(6-7-26-23(20)31)27-11-19(30)14-4-3-5-16(24)9-14/h3-10,19,25,30H,11H2,1-2H3,(H,28,29)(H2,26,27,31). The summed E-state index contributed by atoms with van der Waals surface area (Å²) in [7, 11) is 0. The molecule has 31 heavy (non-hydrogen) atoms. The van der Waals surface area contributed by atoms with Gasteiger partial charge in [0, 0.05) is 23.5 Å². The molecule has 0 aliphatic rings. The van der Waals surface area contributed by atoms with Crippen LogP contribution < -0.4 is 10.9 Å². The van der Waals surface area contributed by atoms with E-state index in [0.29, 0.717) is 33.4 Å². The van der Waals surface area contributed by atoms with Gasteiger partial charge in [-0.25, -0.2) is 4.98 Å². The van der Waals surface area contributed by atoms with Gasteiger partial charge < -0.3 is 25.8 Å². The maximum atomic E-state index is 12.7. The molecule has 0 fully saturated rings. The second-order valence-corrected chi connectivity index (χ2v) is 7.88. The summed E-state index contributed by atoms with van der Waals surface area (Å²) < 4.78 is 0. The van der Waals surface area contributed by atoms with Crippen LogP contribution in [0.4, 0.5) is 5.69 Å². The van der Waals surface area contributed by atoms with E-state index in [1.54, 1.807) is 43.5 Å². The number of aromatic nitrogens is 3. The first-order valence-electron chi connectivity index (χ1n) is 9.79. The first-order valence-corrected chi connectivity index (χ1v) is 10.2. The molecule has 4 rings (SSSR count). The summed E-state index contributed by atoms with van der Waals surface area (Å²) >= 11 is 6.01. The van der Waals surface area contributed by atoms with Crippen molar-refractivity contribution in [3.8, 4) is 11.4 Å². The highest BCUT2D eigenvalue weighted by Crippen LogP contribution is 2.27. The van der Waals surface area contributed by atoms with Gasteiger partial charge in [-0.1, -0.05) is 23.7 Å². The molecule has 8 heteroatoms. The number of nitrogens with one attached hydrogen (secondary N) is 4. The maximum absolute atomic E-state index is 12.7. The van der Waals surface area contributed by atoms with E-state index in [1.165, 1.54) is 0 Å². The molecule has 0 aliphatic heterocycles. The molecule has 5 N–H and O–H groups in total. The van der Waals surface area contributed by atoms with Crippen LogP contribution in [-0.2, 0) is 0 Å². The first kappa shape index (κ1) is 20.8. The zero-order valence-corrected chi connectivity index (χ0v) is 17.8. The van der Waals surface area contributed by atoms with E-state index < -0.39 is 6.10 Å². The molecule has 0 bridgehead atoms. The van der Waals surface area contributed by atoms with Crippen molar-refractivity contribution in [2.45, 2.75) is 20.0 Å². The number of H-pyrrole nitrogens is 2. The first-order chi connectivity index (χ1) is 14.8. The van der Waals surface area contributed by atoms with Gasteiger partial charge in [-0.05, 0) is 60.9 Å². The van der Waals surface area contributed by atoms with Crippen LogP contribution >= 0.6 is 11.6 Å². The molecule has 158 valence electrons. The Morgan fingerprint density at radius 3 is 2.84 bits per heavy atom. The van der Waals surface area contributed by atoms with Crippen molar-refractivity contribution in [2.24, 2.45) is 0 Å². The van der Waals surface area contributed by atoms with Crippen molar-refractivity contribution in [1.29, 1.82) is 5.41 Å². The van der Waals surface area contributed by atoms with Gasteiger partial charge >= 0.3 is 0 Å². The number of pyridine rings is 1. The second-order valence-electron chi connectivity index (χ2n) is 7.45. The van der Waals surface area contributed by atoms with Crippen molar-refractivity contribution < 1.29 is 5.11 Å². The topological polar surface area (TPSA) is 118 Å². The van der Waals surface area contributed by atoms with Gasteiger partial charge in [0.25, 0.3) is 5.56 Å². The number of fused-ring (bicyclic) bond motifs is 1. The summed E-state index contributed by atoms with van der Waals surface area (Å²) in [5.41, 5.74) is 4.94. The van der Waals surface area contributed by atoms with Crippen molar-refractivity contribution in [3.63, 3.8) is 0 Å². The molecule has 0 amide bonds. The number of aryl methyl sites for hydroxylation is 1. The minimum absolute atomic E-state index is 0.188. The number of nitrogens with zero attached hydrogens (tertiary/aromatic N) is 1. The largest absolute Gasteiger partial charge is 0.387 e. The Kier molecular flexibility index (Phi) is 5.63. The summed E-state index contributed by atoms with van der Waals surface area (Å²) in [6.07, 6.45) is 0.742. The molecule has 2 heterocycles. The number of imidazole rings is 1. The van der Waals surface area contributed by atoms with Crippen LogP contribution in [0, 0.1) is 12.3 Å².